The smallest absolute Gasteiger partial charge is 0.256 e. The van der Waals surface area contributed by atoms with Crippen molar-refractivity contribution in [3.63, 3.8) is 0 Å². The van der Waals surface area contributed by atoms with Crippen LogP contribution in [0, 0.1) is 0 Å². The maximum atomic E-state index is 13.0. The number of para-hydroxylation sites is 2. The summed E-state index contributed by atoms with van der Waals surface area (Å²) >= 11 is 1.70. The van der Waals surface area contributed by atoms with Crippen molar-refractivity contribution in [2.24, 2.45) is 4.99 Å². The number of aryl methyl sites for hydroxylation is 1. The number of thiophene rings is 1. The van der Waals surface area contributed by atoms with Gasteiger partial charge in [-0.05, 0) is 55.3 Å². The Kier molecular flexibility index (Phi) is 6.29. The highest BCUT2D eigenvalue weighted by molar-refractivity contribution is 7.13. The van der Waals surface area contributed by atoms with Gasteiger partial charge in [-0.25, -0.2) is 4.98 Å². The standard InChI is InChI=1S/C28H28N4O3S/c33-18-19-15-21-23(29-17-20-7-5-12-31(20)28(21)34)16-25(19)35-13-4-3-11-32-24-9-2-1-8-22(24)30-27(32)26-10-6-14-36-26/h1-2,6,8-10,14-17,20,33H,3-5,7,11-13,18H2/t20-/m0/s1. The van der Waals surface area contributed by atoms with E-state index in [-0.39, 0.29) is 18.6 Å². The van der Waals surface area contributed by atoms with E-state index < -0.39 is 0 Å². The van der Waals surface area contributed by atoms with Gasteiger partial charge in [-0.15, -0.1) is 11.3 Å². The van der Waals surface area contributed by atoms with Crippen LogP contribution in [-0.2, 0) is 13.2 Å². The first kappa shape index (κ1) is 22.9. The maximum Gasteiger partial charge on any atom is 0.256 e. The molecule has 0 bridgehead atoms. The van der Waals surface area contributed by atoms with Gasteiger partial charge in [0.25, 0.3) is 5.91 Å². The Morgan fingerprint density at radius 2 is 2.06 bits per heavy atom. The van der Waals surface area contributed by atoms with Crippen molar-refractivity contribution in [1.29, 1.82) is 0 Å². The first-order valence-electron chi connectivity index (χ1n) is 12.5. The maximum absolute atomic E-state index is 13.0. The van der Waals surface area contributed by atoms with Crippen molar-refractivity contribution < 1.29 is 14.6 Å². The number of imidazole rings is 1. The van der Waals surface area contributed by atoms with Gasteiger partial charge in [-0.2, -0.15) is 0 Å². The molecule has 1 amide bonds. The highest BCUT2D eigenvalue weighted by Gasteiger charge is 2.32. The highest BCUT2D eigenvalue weighted by Crippen LogP contribution is 2.34. The van der Waals surface area contributed by atoms with Gasteiger partial charge < -0.3 is 19.3 Å². The number of amides is 1. The molecular weight excluding hydrogens is 472 g/mol. The molecule has 4 heterocycles. The number of fused-ring (bicyclic) bond motifs is 3. The van der Waals surface area contributed by atoms with E-state index >= 15 is 0 Å². The summed E-state index contributed by atoms with van der Waals surface area (Å²) in [6, 6.07) is 16.0. The molecule has 6 rings (SSSR count). The van der Waals surface area contributed by atoms with Crippen molar-refractivity contribution in [1.82, 2.24) is 14.5 Å². The van der Waals surface area contributed by atoms with E-state index in [9.17, 15) is 9.90 Å². The number of hydrogen-bond acceptors (Lipinski definition) is 6. The van der Waals surface area contributed by atoms with Gasteiger partial charge in [0.15, 0.2) is 5.82 Å². The largest absolute Gasteiger partial charge is 0.493 e. The zero-order chi connectivity index (χ0) is 24.5. The minimum Gasteiger partial charge on any atom is -0.493 e. The molecule has 0 radical (unpaired) electrons. The molecule has 2 aliphatic rings. The topological polar surface area (TPSA) is 79.9 Å². The molecule has 1 atom stereocenters. The SMILES string of the molecule is O=C1c2cc(CO)c(OCCCCn3c(-c4cccs4)nc4ccccc43)cc2N=C[C@@H]2CCCN12. The second-order valence-electron chi connectivity index (χ2n) is 9.23. The zero-order valence-electron chi connectivity index (χ0n) is 20.0. The fourth-order valence-corrected chi connectivity index (χ4v) is 5.84. The van der Waals surface area contributed by atoms with Crippen LogP contribution >= 0.6 is 11.3 Å². The predicted molar refractivity (Wildman–Crippen MR) is 142 cm³/mol. The van der Waals surface area contributed by atoms with Crippen LogP contribution in [0.15, 0.2) is 58.9 Å². The van der Waals surface area contributed by atoms with Gasteiger partial charge in [0.2, 0.25) is 0 Å². The van der Waals surface area contributed by atoms with E-state index in [1.165, 1.54) is 0 Å². The lowest BCUT2D eigenvalue weighted by Gasteiger charge is -2.20. The van der Waals surface area contributed by atoms with Crippen LogP contribution in [-0.4, -0.2) is 50.9 Å². The lowest BCUT2D eigenvalue weighted by Crippen LogP contribution is -2.35. The molecule has 1 saturated heterocycles. The summed E-state index contributed by atoms with van der Waals surface area (Å²) in [5.41, 5.74) is 3.92. The number of carbonyl (C=O) groups excluding carboxylic acids is 1. The average Bonchev–Trinajstić information content (AvgIpc) is 3.65. The Morgan fingerprint density at radius 3 is 2.92 bits per heavy atom. The van der Waals surface area contributed by atoms with Crippen LogP contribution in [0.2, 0.25) is 0 Å². The second-order valence-corrected chi connectivity index (χ2v) is 10.2. The van der Waals surface area contributed by atoms with Gasteiger partial charge in [0, 0.05) is 30.9 Å². The van der Waals surface area contributed by atoms with Gasteiger partial charge in [-0.1, -0.05) is 18.2 Å². The Labute approximate surface area is 213 Å². The minimum absolute atomic E-state index is 0.0136. The molecule has 0 unspecified atom stereocenters. The van der Waals surface area contributed by atoms with E-state index in [2.05, 4.69) is 39.2 Å². The molecule has 0 saturated carbocycles. The molecule has 7 nitrogen and oxygen atoms in total. The first-order chi connectivity index (χ1) is 17.7. The Bertz CT molecular complexity index is 1430. The predicted octanol–water partition coefficient (Wildman–Crippen LogP) is 5.44. The fraction of sp³-hybridized carbons (Fsp3) is 0.321. The molecule has 2 aromatic carbocycles. The lowest BCUT2D eigenvalue weighted by atomic mass is 10.1. The molecule has 1 N–H and O–H groups in total. The van der Waals surface area contributed by atoms with E-state index in [0.717, 1.165) is 60.5 Å². The second kappa shape index (κ2) is 9.87. The van der Waals surface area contributed by atoms with E-state index in [1.54, 1.807) is 23.5 Å². The summed E-state index contributed by atoms with van der Waals surface area (Å²) in [6.07, 6.45) is 5.58. The Morgan fingerprint density at radius 1 is 1.14 bits per heavy atom. The van der Waals surface area contributed by atoms with Gasteiger partial charge in [-0.3, -0.25) is 9.79 Å². The van der Waals surface area contributed by atoms with Gasteiger partial charge in [0.05, 0.1) is 46.4 Å². The van der Waals surface area contributed by atoms with Gasteiger partial charge in [0.1, 0.15) is 5.75 Å². The average molecular weight is 501 g/mol. The Balaban J connectivity index is 1.14. The number of hydrogen-bond donors (Lipinski definition) is 1. The third-order valence-electron chi connectivity index (χ3n) is 6.96. The van der Waals surface area contributed by atoms with Crippen molar-refractivity contribution in [2.75, 3.05) is 13.2 Å². The number of rotatable bonds is 8. The van der Waals surface area contributed by atoms with Crippen LogP contribution in [0.3, 0.4) is 0 Å². The number of aliphatic imine (C=N–C) groups is 1. The number of aromatic nitrogens is 2. The summed E-state index contributed by atoms with van der Waals surface area (Å²) in [5.74, 6) is 1.58. The summed E-state index contributed by atoms with van der Waals surface area (Å²) in [4.78, 5) is 25.5. The molecule has 184 valence electrons. The van der Waals surface area contributed by atoms with Crippen molar-refractivity contribution in [2.45, 2.75) is 44.9 Å². The van der Waals surface area contributed by atoms with E-state index in [4.69, 9.17) is 9.72 Å². The molecule has 1 fully saturated rings. The zero-order valence-corrected chi connectivity index (χ0v) is 20.8. The number of ether oxygens (including phenoxy) is 1. The molecule has 0 aliphatic carbocycles. The third-order valence-corrected chi connectivity index (χ3v) is 7.82. The molecular formula is C28H28N4O3S. The number of unbranched alkanes of at least 4 members (excludes halogenated alkanes) is 1. The highest BCUT2D eigenvalue weighted by atomic mass is 32.1. The monoisotopic (exact) mass is 500 g/mol. The third kappa shape index (κ3) is 4.20. The quantitative estimate of drug-likeness (QED) is 0.327. The molecule has 4 aromatic rings. The van der Waals surface area contributed by atoms with E-state index in [1.807, 2.05) is 23.2 Å². The van der Waals surface area contributed by atoms with Gasteiger partial charge >= 0.3 is 0 Å². The number of aliphatic hydroxyl groups is 1. The number of nitrogens with zero attached hydrogens (tertiary/aromatic N) is 4. The molecule has 2 aliphatic heterocycles. The fourth-order valence-electron chi connectivity index (χ4n) is 5.12. The Hall–Kier alpha value is -3.49. The van der Waals surface area contributed by atoms with Crippen molar-refractivity contribution >= 4 is 40.2 Å². The van der Waals surface area contributed by atoms with Crippen molar-refractivity contribution in [3.05, 3.63) is 65.0 Å². The summed E-state index contributed by atoms with van der Waals surface area (Å²) in [7, 11) is 0. The molecule has 2 aromatic heterocycles. The number of carbonyl (C=O) groups is 1. The minimum atomic E-state index is -0.186. The number of benzene rings is 2. The summed E-state index contributed by atoms with van der Waals surface area (Å²) < 4.78 is 8.38. The van der Waals surface area contributed by atoms with Crippen LogP contribution in [0.25, 0.3) is 21.7 Å². The molecule has 0 spiro atoms. The first-order valence-corrected chi connectivity index (χ1v) is 13.4. The van der Waals surface area contributed by atoms with Crippen LogP contribution < -0.4 is 4.74 Å². The molecule has 8 heteroatoms. The summed E-state index contributed by atoms with van der Waals surface area (Å²) in [5, 5.41) is 12.0. The van der Waals surface area contributed by atoms with E-state index in [0.29, 0.717) is 29.2 Å². The van der Waals surface area contributed by atoms with Crippen molar-refractivity contribution in [3.8, 4) is 16.5 Å². The van der Waals surface area contributed by atoms with Crippen LogP contribution in [0.4, 0.5) is 5.69 Å². The molecule has 36 heavy (non-hydrogen) atoms. The van der Waals surface area contributed by atoms with Crippen LogP contribution in [0.1, 0.15) is 41.6 Å². The lowest BCUT2D eigenvalue weighted by molar-refractivity contribution is 0.0774. The van der Waals surface area contributed by atoms with Crippen LogP contribution in [0.5, 0.6) is 5.75 Å². The normalized spacial score (nSPS) is 16.9. The number of aliphatic hydroxyl groups excluding tert-OH is 1. The summed E-state index contributed by atoms with van der Waals surface area (Å²) in [6.45, 7) is 1.92.